The number of hydrogen-bond donors (Lipinski definition) is 1. The van der Waals surface area contributed by atoms with Crippen molar-refractivity contribution in [3.05, 3.63) is 58.1 Å². The minimum absolute atomic E-state index is 0.0802. The third-order valence-electron chi connectivity index (χ3n) is 5.14. The van der Waals surface area contributed by atoms with Crippen molar-refractivity contribution < 1.29 is 19.1 Å². The Morgan fingerprint density at radius 3 is 2.29 bits per heavy atom. The minimum Gasteiger partial charge on any atom is -0.490 e. The Morgan fingerprint density at radius 1 is 1.00 bits per heavy atom. The number of rotatable bonds is 11. The van der Waals surface area contributed by atoms with Crippen molar-refractivity contribution in [3.63, 3.8) is 0 Å². The van der Waals surface area contributed by atoms with E-state index in [-0.39, 0.29) is 23.8 Å². The molecular weight excluding hydrogens is 496 g/mol. The standard InChI is InChI=1S/C27H37BrN2O4/c1-7-33-23-14-12-20(17-24(23)34-8-2)13-15-25(31)30(18-21-10-9-11-22(28)16-21)19(3)26(32)29-27(4,5)6/h9-12,14,16-17,19H,7-8,13,15,18H2,1-6H3,(H,29,32)/t19-/m0/s1. The summed E-state index contributed by atoms with van der Waals surface area (Å²) in [6.45, 7) is 12.9. The maximum atomic E-state index is 13.4. The van der Waals surface area contributed by atoms with Crippen molar-refractivity contribution in [2.24, 2.45) is 0 Å². The summed E-state index contributed by atoms with van der Waals surface area (Å²) >= 11 is 3.49. The average molecular weight is 534 g/mol. The van der Waals surface area contributed by atoms with Gasteiger partial charge in [0.1, 0.15) is 6.04 Å². The van der Waals surface area contributed by atoms with Gasteiger partial charge in [-0.3, -0.25) is 9.59 Å². The van der Waals surface area contributed by atoms with Gasteiger partial charge in [0.05, 0.1) is 13.2 Å². The van der Waals surface area contributed by atoms with E-state index < -0.39 is 6.04 Å². The zero-order valence-corrected chi connectivity index (χ0v) is 22.7. The molecule has 34 heavy (non-hydrogen) atoms. The maximum absolute atomic E-state index is 13.4. The monoisotopic (exact) mass is 532 g/mol. The predicted molar refractivity (Wildman–Crippen MR) is 139 cm³/mol. The largest absolute Gasteiger partial charge is 0.490 e. The fraction of sp³-hybridized carbons (Fsp3) is 0.481. The number of hydrogen-bond acceptors (Lipinski definition) is 4. The lowest BCUT2D eigenvalue weighted by molar-refractivity contribution is -0.141. The minimum atomic E-state index is -0.606. The van der Waals surface area contributed by atoms with Crippen molar-refractivity contribution in [2.75, 3.05) is 13.2 Å². The molecule has 2 rings (SSSR count). The van der Waals surface area contributed by atoms with E-state index in [4.69, 9.17) is 9.47 Å². The summed E-state index contributed by atoms with van der Waals surface area (Å²) in [5.41, 5.74) is 1.56. The van der Waals surface area contributed by atoms with Crippen LogP contribution < -0.4 is 14.8 Å². The van der Waals surface area contributed by atoms with Gasteiger partial charge in [-0.25, -0.2) is 0 Å². The molecule has 0 aliphatic rings. The highest BCUT2D eigenvalue weighted by Gasteiger charge is 2.28. The molecule has 0 heterocycles. The molecular formula is C27H37BrN2O4. The van der Waals surface area contributed by atoms with Crippen LogP contribution in [0.3, 0.4) is 0 Å². The van der Waals surface area contributed by atoms with Crippen LogP contribution >= 0.6 is 15.9 Å². The number of carbonyl (C=O) groups excluding carboxylic acids is 2. The SMILES string of the molecule is CCOc1ccc(CCC(=O)N(Cc2cccc(Br)c2)[C@@H](C)C(=O)NC(C)(C)C)cc1OCC. The van der Waals surface area contributed by atoms with Crippen LogP contribution in [0.2, 0.25) is 0 Å². The number of aryl methyl sites for hydroxylation is 1. The van der Waals surface area contributed by atoms with Gasteiger partial charge in [-0.1, -0.05) is 34.1 Å². The summed E-state index contributed by atoms with van der Waals surface area (Å²) < 4.78 is 12.3. The number of benzene rings is 2. The highest BCUT2D eigenvalue weighted by Crippen LogP contribution is 2.29. The molecule has 7 heteroatoms. The molecule has 2 aromatic rings. The second-order valence-electron chi connectivity index (χ2n) is 9.21. The second kappa shape index (κ2) is 12.8. The number of nitrogens with one attached hydrogen (secondary N) is 1. The van der Waals surface area contributed by atoms with Gasteiger partial charge in [0, 0.05) is 23.0 Å². The lowest BCUT2D eigenvalue weighted by Crippen LogP contribution is -2.52. The Morgan fingerprint density at radius 2 is 1.68 bits per heavy atom. The number of carbonyl (C=O) groups is 2. The first-order valence-corrected chi connectivity index (χ1v) is 12.6. The molecule has 186 valence electrons. The van der Waals surface area contributed by atoms with Gasteiger partial charge < -0.3 is 19.7 Å². The summed E-state index contributed by atoms with van der Waals surface area (Å²) in [6, 6.07) is 12.9. The van der Waals surface area contributed by atoms with Gasteiger partial charge in [-0.05, 0) is 83.4 Å². The first-order chi connectivity index (χ1) is 16.0. The normalized spacial score (nSPS) is 12.1. The van der Waals surface area contributed by atoms with Crippen molar-refractivity contribution >= 4 is 27.7 Å². The van der Waals surface area contributed by atoms with E-state index in [1.54, 1.807) is 11.8 Å². The number of amides is 2. The Kier molecular flexibility index (Phi) is 10.4. The fourth-order valence-corrected chi connectivity index (χ4v) is 3.98. The maximum Gasteiger partial charge on any atom is 0.242 e. The molecule has 0 bridgehead atoms. The smallest absolute Gasteiger partial charge is 0.242 e. The highest BCUT2D eigenvalue weighted by atomic mass is 79.9. The van der Waals surface area contributed by atoms with Crippen LogP contribution in [0, 0.1) is 0 Å². The van der Waals surface area contributed by atoms with E-state index in [1.807, 2.05) is 77.1 Å². The van der Waals surface area contributed by atoms with Gasteiger partial charge in [0.25, 0.3) is 0 Å². The summed E-state index contributed by atoms with van der Waals surface area (Å²) in [7, 11) is 0. The summed E-state index contributed by atoms with van der Waals surface area (Å²) in [5.74, 6) is 1.13. The van der Waals surface area contributed by atoms with Crippen LogP contribution in [0.15, 0.2) is 46.9 Å². The van der Waals surface area contributed by atoms with Crippen LogP contribution in [0.4, 0.5) is 0 Å². The van der Waals surface area contributed by atoms with Crippen molar-refractivity contribution in [2.45, 2.75) is 72.5 Å². The molecule has 6 nitrogen and oxygen atoms in total. The van der Waals surface area contributed by atoms with Gasteiger partial charge >= 0.3 is 0 Å². The summed E-state index contributed by atoms with van der Waals surface area (Å²) in [6.07, 6.45) is 0.814. The molecule has 0 fully saturated rings. The van der Waals surface area contributed by atoms with Crippen molar-refractivity contribution in [1.29, 1.82) is 0 Å². The lowest BCUT2D eigenvalue weighted by Gasteiger charge is -2.31. The predicted octanol–water partition coefficient (Wildman–Crippen LogP) is 5.51. The van der Waals surface area contributed by atoms with Crippen LogP contribution in [0.5, 0.6) is 11.5 Å². The summed E-state index contributed by atoms with van der Waals surface area (Å²) in [5, 5.41) is 2.99. The van der Waals surface area contributed by atoms with Crippen LogP contribution in [-0.2, 0) is 22.6 Å². The molecule has 2 amide bonds. The van der Waals surface area contributed by atoms with Crippen LogP contribution in [0.1, 0.15) is 59.1 Å². The Balaban J connectivity index is 2.20. The molecule has 2 aromatic carbocycles. The fourth-order valence-electron chi connectivity index (χ4n) is 3.53. The topological polar surface area (TPSA) is 67.9 Å². The van der Waals surface area contributed by atoms with Gasteiger partial charge in [-0.2, -0.15) is 0 Å². The molecule has 1 atom stereocenters. The highest BCUT2D eigenvalue weighted by molar-refractivity contribution is 9.10. The number of halogens is 1. The van der Waals surface area contributed by atoms with Crippen LogP contribution in [0.25, 0.3) is 0 Å². The van der Waals surface area contributed by atoms with E-state index in [1.165, 1.54) is 0 Å². The Labute approximate surface area is 212 Å². The molecule has 0 unspecified atom stereocenters. The zero-order chi connectivity index (χ0) is 25.3. The molecule has 0 aliphatic heterocycles. The molecule has 0 saturated heterocycles. The van der Waals surface area contributed by atoms with Gasteiger partial charge in [-0.15, -0.1) is 0 Å². The van der Waals surface area contributed by atoms with E-state index in [9.17, 15) is 9.59 Å². The molecule has 0 saturated carbocycles. The average Bonchev–Trinajstić information content (AvgIpc) is 2.76. The van der Waals surface area contributed by atoms with Gasteiger partial charge in [0.2, 0.25) is 11.8 Å². The Bertz CT molecular complexity index is 971. The third kappa shape index (κ3) is 8.67. The molecule has 0 spiro atoms. The van der Waals surface area contributed by atoms with Crippen molar-refractivity contribution in [3.8, 4) is 11.5 Å². The quantitative estimate of drug-likeness (QED) is 0.414. The number of ether oxygens (including phenoxy) is 2. The molecule has 0 aliphatic carbocycles. The van der Waals surface area contributed by atoms with Crippen molar-refractivity contribution in [1.82, 2.24) is 10.2 Å². The van der Waals surface area contributed by atoms with E-state index in [0.717, 1.165) is 15.6 Å². The second-order valence-corrected chi connectivity index (χ2v) is 10.1. The van der Waals surface area contributed by atoms with E-state index >= 15 is 0 Å². The Hall–Kier alpha value is -2.54. The van der Waals surface area contributed by atoms with Gasteiger partial charge in [0.15, 0.2) is 11.5 Å². The lowest BCUT2D eigenvalue weighted by atomic mass is 10.1. The number of nitrogens with zero attached hydrogens (tertiary/aromatic N) is 1. The molecule has 0 aromatic heterocycles. The molecule has 0 radical (unpaired) electrons. The summed E-state index contributed by atoms with van der Waals surface area (Å²) in [4.78, 5) is 27.9. The first kappa shape index (κ1) is 27.7. The van der Waals surface area contributed by atoms with E-state index in [0.29, 0.717) is 37.7 Å². The van der Waals surface area contributed by atoms with E-state index in [2.05, 4.69) is 21.2 Å². The molecule has 1 N–H and O–H groups in total. The zero-order valence-electron chi connectivity index (χ0n) is 21.1. The van der Waals surface area contributed by atoms with Crippen LogP contribution in [-0.4, -0.2) is 41.5 Å². The third-order valence-corrected chi connectivity index (χ3v) is 5.64. The first-order valence-electron chi connectivity index (χ1n) is 11.8.